The Morgan fingerprint density at radius 2 is 2.00 bits per heavy atom. The third kappa shape index (κ3) is 2.80. The van der Waals surface area contributed by atoms with Crippen LogP contribution >= 0.6 is 0 Å². The van der Waals surface area contributed by atoms with Gasteiger partial charge in [0.15, 0.2) is 0 Å². The summed E-state index contributed by atoms with van der Waals surface area (Å²) in [5, 5.41) is 0. The zero-order valence-corrected chi connectivity index (χ0v) is 11.6. The largest absolute Gasteiger partial charge is 0.497 e. The lowest BCUT2D eigenvalue weighted by molar-refractivity contribution is 0.404. The van der Waals surface area contributed by atoms with Crippen molar-refractivity contribution in [2.45, 2.75) is 13.0 Å². The minimum absolute atomic E-state index is 0.257. The number of aromatic amines is 1. The first kappa shape index (κ1) is 14.1. The highest BCUT2D eigenvalue weighted by Gasteiger charge is 2.12. The van der Waals surface area contributed by atoms with Crippen LogP contribution in [0.4, 0.5) is 0 Å². The number of ether oxygens (including phenoxy) is 2. The van der Waals surface area contributed by atoms with Crippen LogP contribution in [0.3, 0.4) is 0 Å². The number of hydrogen-bond acceptors (Lipinski definition) is 5. The number of nitrogens with one attached hydrogen (secondary N) is 1. The van der Waals surface area contributed by atoms with E-state index in [4.69, 9.17) is 15.2 Å². The summed E-state index contributed by atoms with van der Waals surface area (Å²) in [5.41, 5.74) is 6.69. The second-order valence-electron chi connectivity index (χ2n) is 4.37. The molecule has 0 aliphatic rings. The molecule has 6 heteroatoms. The van der Waals surface area contributed by atoms with Crippen LogP contribution in [0.1, 0.15) is 18.7 Å². The highest BCUT2D eigenvalue weighted by atomic mass is 16.5. The average molecular weight is 275 g/mol. The molecular formula is C14H17N3O3. The summed E-state index contributed by atoms with van der Waals surface area (Å²) >= 11 is 0. The monoisotopic (exact) mass is 275 g/mol. The van der Waals surface area contributed by atoms with E-state index >= 15 is 0 Å². The minimum Gasteiger partial charge on any atom is -0.497 e. The number of methoxy groups -OCH3 is 2. The van der Waals surface area contributed by atoms with E-state index in [0.29, 0.717) is 28.6 Å². The lowest BCUT2D eigenvalue weighted by atomic mass is 10.1. The Balaban J connectivity index is 2.63. The van der Waals surface area contributed by atoms with Gasteiger partial charge in [-0.3, -0.25) is 4.79 Å². The normalized spacial score (nSPS) is 12.0. The summed E-state index contributed by atoms with van der Waals surface area (Å²) in [5.74, 6) is 1.64. The predicted molar refractivity (Wildman–Crippen MR) is 76.0 cm³/mol. The van der Waals surface area contributed by atoms with Crippen LogP contribution in [0, 0.1) is 0 Å². The van der Waals surface area contributed by atoms with E-state index in [-0.39, 0.29) is 11.6 Å². The van der Waals surface area contributed by atoms with Crippen LogP contribution in [0.25, 0.3) is 11.4 Å². The van der Waals surface area contributed by atoms with Gasteiger partial charge in [-0.15, -0.1) is 0 Å². The van der Waals surface area contributed by atoms with Gasteiger partial charge in [0.2, 0.25) is 0 Å². The Bertz CT molecular complexity index is 665. The van der Waals surface area contributed by atoms with Crippen molar-refractivity contribution in [1.82, 2.24) is 9.97 Å². The number of nitrogens with two attached hydrogens (primary N) is 1. The highest BCUT2D eigenvalue weighted by molar-refractivity contribution is 5.66. The molecule has 0 aliphatic carbocycles. The third-order valence-corrected chi connectivity index (χ3v) is 2.89. The molecule has 106 valence electrons. The predicted octanol–water partition coefficient (Wildman–Crippen LogP) is 1.47. The molecule has 0 saturated carbocycles. The second-order valence-corrected chi connectivity index (χ2v) is 4.37. The molecule has 0 amide bonds. The summed E-state index contributed by atoms with van der Waals surface area (Å²) in [7, 11) is 3.12. The van der Waals surface area contributed by atoms with Crippen LogP contribution < -0.4 is 20.8 Å². The van der Waals surface area contributed by atoms with E-state index in [9.17, 15) is 4.79 Å². The number of H-pyrrole nitrogens is 1. The molecule has 0 bridgehead atoms. The molecule has 1 unspecified atom stereocenters. The summed E-state index contributed by atoms with van der Waals surface area (Å²) < 4.78 is 10.5. The fourth-order valence-electron chi connectivity index (χ4n) is 1.84. The van der Waals surface area contributed by atoms with Crippen LogP contribution in [0.5, 0.6) is 11.5 Å². The van der Waals surface area contributed by atoms with Gasteiger partial charge >= 0.3 is 0 Å². The molecule has 3 N–H and O–H groups in total. The van der Waals surface area contributed by atoms with Gasteiger partial charge in [0, 0.05) is 12.1 Å². The Morgan fingerprint density at radius 3 is 2.60 bits per heavy atom. The molecule has 1 aromatic carbocycles. The van der Waals surface area contributed by atoms with E-state index in [1.807, 2.05) is 0 Å². The van der Waals surface area contributed by atoms with Crippen LogP contribution in [0.2, 0.25) is 0 Å². The zero-order valence-electron chi connectivity index (χ0n) is 11.6. The van der Waals surface area contributed by atoms with Gasteiger partial charge < -0.3 is 20.2 Å². The smallest absolute Gasteiger partial charge is 0.251 e. The van der Waals surface area contributed by atoms with Crippen molar-refractivity contribution in [3.8, 4) is 22.9 Å². The van der Waals surface area contributed by atoms with Gasteiger partial charge in [-0.05, 0) is 25.1 Å². The molecule has 0 aliphatic heterocycles. The first-order chi connectivity index (χ1) is 9.55. The van der Waals surface area contributed by atoms with E-state index in [2.05, 4.69) is 9.97 Å². The fraction of sp³-hybridized carbons (Fsp3) is 0.286. The van der Waals surface area contributed by atoms with Crippen molar-refractivity contribution in [1.29, 1.82) is 0 Å². The molecule has 0 saturated heterocycles. The average Bonchev–Trinajstić information content (AvgIpc) is 2.45. The maximum absolute atomic E-state index is 11.7. The highest BCUT2D eigenvalue weighted by Crippen LogP contribution is 2.31. The number of benzene rings is 1. The Morgan fingerprint density at radius 1 is 1.25 bits per heavy atom. The fourth-order valence-corrected chi connectivity index (χ4v) is 1.84. The summed E-state index contributed by atoms with van der Waals surface area (Å²) in [6.07, 6.45) is 0. The Hall–Kier alpha value is -2.34. The quantitative estimate of drug-likeness (QED) is 0.882. The van der Waals surface area contributed by atoms with Gasteiger partial charge in [-0.25, -0.2) is 4.98 Å². The van der Waals surface area contributed by atoms with Crippen molar-refractivity contribution >= 4 is 0 Å². The minimum atomic E-state index is -0.326. The van der Waals surface area contributed by atoms with E-state index in [1.165, 1.54) is 6.07 Å². The number of hydrogen-bond donors (Lipinski definition) is 2. The van der Waals surface area contributed by atoms with E-state index < -0.39 is 0 Å². The molecule has 0 spiro atoms. The van der Waals surface area contributed by atoms with Crippen molar-refractivity contribution in [2.75, 3.05) is 14.2 Å². The number of aromatic nitrogens is 2. The maximum Gasteiger partial charge on any atom is 0.251 e. The lowest BCUT2D eigenvalue weighted by Gasteiger charge is -2.11. The Kier molecular flexibility index (Phi) is 4.05. The molecule has 0 fully saturated rings. The van der Waals surface area contributed by atoms with Crippen LogP contribution in [-0.2, 0) is 0 Å². The summed E-state index contributed by atoms with van der Waals surface area (Å²) in [6, 6.07) is 6.35. The van der Waals surface area contributed by atoms with Crippen molar-refractivity contribution < 1.29 is 9.47 Å². The van der Waals surface area contributed by atoms with Gasteiger partial charge in [0.05, 0.1) is 25.5 Å². The number of nitrogens with zero attached hydrogens (tertiary/aromatic N) is 1. The van der Waals surface area contributed by atoms with Gasteiger partial charge in [0.25, 0.3) is 5.56 Å². The molecule has 6 nitrogen and oxygen atoms in total. The SMILES string of the molecule is COc1ccc(OC)c(-c2nc(C(C)N)cc(=O)[nH]2)c1. The maximum atomic E-state index is 11.7. The third-order valence-electron chi connectivity index (χ3n) is 2.89. The molecule has 2 aromatic rings. The van der Waals surface area contributed by atoms with E-state index in [0.717, 1.165) is 0 Å². The standard InChI is InChI=1S/C14H17N3O3/c1-8(15)11-7-13(18)17-14(16-11)10-6-9(19-2)4-5-12(10)20-3/h4-8H,15H2,1-3H3,(H,16,17,18). The number of rotatable bonds is 4. The van der Waals surface area contributed by atoms with Crippen molar-refractivity contribution in [2.24, 2.45) is 5.73 Å². The van der Waals surface area contributed by atoms with Crippen LogP contribution in [-0.4, -0.2) is 24.2 Å². The molecule has 1 aromatic heterocycles. The first-order valence-corrected chi connectivity index (χ1v) is 6.14. The van der Waals surface area contributed by atoms with Gasteiger partial charge in [-0.2, -0.15) is 0 Å². The van der Waals surface area contributed by atoms with Gasteiger partial charge in [-0.1, -0.05) is 0 Å². The molecule has 20 heavy (non-hydrogen) atoms. The molecule has 0 radical (unpaired) electrons. The molecular weight excluding hydrogens is 258 g/mol. The van der Waals surface area contributed by atoms with Crippen molar-refractivity contribution in [3.05, 3.63) is 40.3 Å². The Labute approximate surface area is 116 Å². The van der Waals surface area contributed by atoms with Crippen molar-refractivity contribution in [3.63, 3.8) is 0 Å². The second kappa shape index (κ2) is 5.75. The molecule has 2 rings (SSSR count). The lowest BCUT2D eigenvalue weighted by Crippen LogP contribution is -2.16. The molecule has 1 atom stereocenters. The summed E-state index contributed by atoms with van der Waals surface area (Å²) in [4.78, 5) is 18.8. The van der Waals surface area contributed by atoms with Gasteiger partial charge in [0.1, 0.15) is 17.3 Å². The topological polar surface area (TPSA) is 90.2 Å². The first-order valence-electron chi connectivity index (χ1n) is 6.14. The van der Waals surface area contributed by atoms with E-state index in [1.54, 1.807) is 39.3 Å². The summed E-state index contributed by atoms with van der Waals surface area (Å²) in [6.45, 7) is 1.77. The zero-order chi connectivity index (χ0) is 14.7. The van der Waals surface area contributed by atoms with Crippen LogP contribution in [0.15, 0.2) is 29.1 Å². The molecule has 1 heterocycles.